The highest BCUT2D eigenvalue weighted by molar-refractivity contribution is 4.92. The van der Waals surface area contributed by atoms with Crippen LogP contribution >= 0.6 is 0 Å². The predicted molar refractivity (Wildman–Crippen MR) is 156 cm³/mol. The molecular weight excluding hydrogens is 430 g/mol. The van der Waals surface area contributed by atoms with Crippen LogP contribution in [0.1, 0.15) is 136 Å². The van der Waals surface area contributed by atoms with Gasteiger partial charge in [0.15, 0.2) is 0 Å². The first-order valence-corrected chi connectivity index (χ1v) is 15.3. The van der Waals surface area contributed by atoms with E-state index in [4.69, 9.17) is 9.47 Å². The Morgan fingerprint density at radius 1 is 0.514 bits per heavy atom. The Kier molecular flexibility index (Phi) is 29.0. The maximum Gasteiger partial charge on any atom is 0.0644 e. The number of nitrogens with zero attached hydrogens (tertiary/aromatic N) is 1. The van der Waals surface area contributed by atoms with Gasteiger partial charge in [0, 0.05) is 13.2 Å². The Morgan fingerprint density at radius 2 is 0.914 bits per heavy atom. The lowest BCUT2D eigenvalue weighted by molar-refractivity contribution is 0.0197. The summed E-state index contributed by atoms with van der Waals surface area (Å²) in [5.41, 5.74) is 0. The highest BCUT2D eigenvalue weighted by atomic mass is 16.5. The van der Waals surface area contributed by atoms with Crippen molar-refractivity contribution in [2.45, 2.75) is 142 Å². The van der Waals surface area contributed by atoms with Gasteiger partial charge in [-0.25, -0.2) is 0 Å². The summed E-state index contributed by atoms with van der Waals surface area (Å²) in [5.74, 6) is 0. The fourth-order valence-electron chi connectivity index (χ4n) is 4.14. The van der Waals surface area contributed by atoms with Crippen molar-refractivity contribution in [3.8, 4) is 0 Å². The molecule has 0 N–H and O–H groups in total. The van der Waals surface area contributed by atoms with E-state index in [0.29, 0.717) is 6.04 Å². The Morgan fingerprint density at radius 3 is 1.40 bits per heavy atom. The minimum absolute atomic E-state index is 0.365. The zero-order chi connectivity index (χ0) is 25.7. The van der Waals surface area contributed by atoms with Crippen molar-refractivity contribution in [1.29, 1.82) is 0 Å². The van der Waals surface area contributed by atoms with Gasteiger partial charge in [0.05, 0.1) is 19.3 Å². The van der Waals surface area contributed by atoms with Gasteiger partial charge in [-0.2, -0.15) is 0 Å². The second-order valence-corrected chi connectivity index (χ2v) is 10.5. The first kappa shape index (κ1) is 34.4. The molecule has 0 aromatic heterocycles. The zero-order valence-electron chi connectivity index (χ0n) is 24.4. The van der Waals surface area contributed by atoms with E-state index in [1.807, 2.05) is 0 Å². The molecule has 0 bridgehead atoms. The van der Waals surface area contributed by atoms with Crippen molar-refractivity contribution in [2.75, 3.05) is 40.5 Å². The van der Waals surface area contributed by atoms with E-state index in [1.165, 1.54) is 116 Å². The molecule has 3 nitrogen and oxygen atoms in total. The summed E-state index contributed by atoms with van der Waals surface area (Å²) >= 11 is 0. The van der Waals surface area contributed by atoms with Crippen LogP contribution in [0.2, 0.25) is 0 Å². The number of hydrogen-bond donors (Lipinski definition) is 0. The number of hydrogen-bond acceptors (Lipinski definition) is 3. The molecule has 0 aromatic carbocycles. The maximum absolute atomic E-state index is 5.97. The third-order valence-corrected chi connectivity index (χ3v) is 6.73. The second kappa shape index (κ2) is 29.6. The van der Waals surface area contributed by atoms with Crippen LogP contribution in [-0.4, -0.2) is 51.5 Å². The lowest BCUT2D eigenvalue weighted by Crippen LogP contribution is -2.37. The molecule has 0 rings (SSSR count). The normalized spacial score (nSPS) is 13.1. The SMILES string of the molecule is CCCCC/C=C\C/C=C\CCCCCCCCOCC(COCCCCCCCCC)N(C)C. The van der Waals surface area contributed by atoms with Crippen LogP contribution in [0.15, 0.2) is 24.3 Å². The lowest BCUT2D eigenvalue weighted by atomic mass is 10.1. The molecule has 0 aliphatic rings. The van der Waals surface area contributed by atoms with Crippen molar-refractivity contribution < 1.29 is 9.47 Å². The summed E-state index contributed by atoms with van der Waals surface area (Å²) in [6.07, 6.45) is 34.2. The minimum atomic E-state index is 0.365. The van der Waals surface area contributed by atoms with Gasteiger partial charge < -0.3 is 14.4 Å². The number of allylic oxidation sites excluding steroid dienone is 4. The Balaban J connectivity index is 3.45. The average molecular weight is 494 g/mol. The standard InChI is InChI=1S/C32H63NO2/c1-5-7-9-11-13-14-15-16-17-18-19-20-21-23-25-27-29-35-31-32(33(3)4)30-34-28-26-24-22-12-10-8-6-2/h13-14,16-17,32H,5-12,15,18-31H2,1-4H3/b14-13-,17-16-. The molecule has 208 valence electrons. The Hall–Kier alpha value is -0.640. The van der Waals surface area contributed by atoms with Gasteiger partial charge in [-0.15, -0.1) is 0 Å². The lowest BCUT2D eigenvalue weighted by Gasteiger charge is -2.24. The molecule has 0 fully saturated rings. The smallest absolute Gasteiger partial charge is 0.0644 e. The van der Waals surface area contributed by atoms with E-state index in [1.54, 1.807) is 0 Å². The molecule has 0 spiro atoms. The maximum atomic E-state index is 5.97. The highest BCUT2D eigenvalue weighted by Gasteiger charge is 2.11. The molecule has 0 aromatic rings. The Labute approximate surface area is 221 Å². The number of rotatable bonds is 28. The van der Waals surface area contributed by atoms with Gasteiger partial charge in [0.25, 0.3) is 0 Å². The first-order chi connectivity index (χ1) is 17.2. The van der Waals surface area contributed by atoms with Crippen LogP contribution in [0.4, 0.5) is 0 Å². The van der Waals surface area contributed by atoms with Crippen LogP contribution in [-0.2, 0) is 9.47 Å². The van der Waals surface area contributed by atoms with Crippen molar-refractivity contribution in [3.05, 3.63) is 24.3 Å². The van der Waals surface area contributed by atoms with Crippen molar-refractivity contribution in [3.63, 3.8) is 0 Å². The largest absolute Gasteiger partial charge is 0.380 e. The van der Waals surface area contributed by atoms with Gasteiger partial charge in [-0.1, -0.05) is 115 Å². The van der Waals surface area contributed by atoms with E-state index in [9.17, 15) is 0 Å². The molecule has 0 amide bonds. The number of unbranched alkanes of at least 4 members (excludes halogenated alkanes) is 15. The molecule has 0 radical (unpaired) electrons. The highest BCUT2D eigenvalue weighted by Crippen LogP contribution is 2.09. The quantitative estimate of drug-likeness (QED) is 0.0800. The summed E-state index contributed by atoms with van der Waals surface area (Å²) in [6.45, 7) is 7.88. The third-order valence-electron chi connectivity index (χ3n) is 6.73. The molecular formula is C32H63NO2. The molecule has 0 saturated heterocycles. The van der Waals surface area contributed by atoms with Crippen LogP contribution in [0.5, 0.6) is 0 Å². The molecule has 3 heteroatoms. The molecule has 0 aliphatic carbocycles. The van der Waals surface area contributed by atoms with Crippen LogP contribution in [0.3, 0.4) is 0 Å². The van der Waals surface area contributed by atoms with Crippen molar-refractivity contribution in [2.24, 2.45) is 0 Å². The van der Waals surface area contributed by atoms with Gasteiger partial charge in [-0.05, 0) is 59.0 Å². The third kappa shape index (κ3) is 27.8. The van der Waals surface area contributed by atoms with E-state index in [-0.39, 0.29) is 0 Å². The number of likely N-dealkylation sites (N-methyl/N-ethyl adjacent to an activating group) is 1. The van der Waals surface area contributed by atoms with E-state index >= 15 is 0 Å². The second-order valence-electron chi connectivity index (χ2n) is 10.5. The first-order valence-electron chi connectivity index (χ1n) is 15.3. The topological polar surface area (TPSA) is 21.7 Å². The minimum Gasteiger partial charge on any atom is -0.380 e. The predicted octanol–water partition coefficient (Wildman–Crippen LogP) is 9.51. The van der Waals surface area contributed by atoms with Gasteiger partial charge >= 0.3 is 0 Å². The summed E-state index contributed by atoms with van der Waals surface area (Å²) < 4.78 is 11.9. The van der Waals surface area contributed by atoms with Crippen LogP contribution in [0, 0.1) is 0 Å². The van der Waals surface area contributed by atoms with Crippen LogP contribution < -0.4 is 0 Å². The zero-order valence-corrected chi connectivity index (χ0v) is 24.4. The molecule has 0 saturated carbocycles. The average Bonchev–Trinajstić information content (AvgIpc) is 2.85. The molecule has 1 atom stereocenters. The summed E-state index contributed by atoms with van der Waals surface area (Å²) in [7, 11) is 4.26. The van der Waals surface area contributed by atoms with Crippen LogP contribution in [0.25, 0.3) is 0 Å². The number of ether oxygens (including phenoxy) is 2. The summed E-state index contributed by atoms with van der Waals surface area (Å²) in [5, 5.41) is 0. The monoisotopic (exact) mass is 493 g/mol. The fraction of sp³-hybridized carbons (Fsp3) is 0.875. The van der Waals surface area contributed by atoms with Gasteiger partial charge in [-0.3, -0.25) is 0 Å². The van der Waals surface area contributed by atoms with E-state index in [0.717, 1.165) is 32.8 Å². The van der Waals surface area contributed by atoms with Crippen molar-refractivity contribution in [1.82, 2.24) is 4.90 Å². The van der Waals surface area contributed by atoms with Gasteiger partial charge in [0.2, 0.25) is 0 Å². The Bertz CT molecular complexity index is 447. The summed E-state index contributed by atoms with van der Waals surface area (Å²) in [6, 6.07) is 0.365. The van der Waals surface area contributed by atoms with Gasteiger partial charge in [0.1, 0.15) is 0 Å². The fourth-order valence-corrected chi connectivity index (χ4v) is 4.14. The molecule has 35 heavy (non-hydrogen) atoms. The molecule has 1 unspecified atom stereocenters. The van der Waals surface area contributed by atoms with Crippen molar-refractivity contribution >= 4 is 0 Å². The van der Waals surface area contributed by atoms with E-state index in [2.05, 4.69) is 57.1 Å². The van der Waals surface area contributed by atoms with E-state index < -0.39 is 0 Å². The molecule has 0 heterocycles. The summed E-state index contributed by atoms with van der Waals surface area (Å²) in [4.78, 5) is 2.24. The molecule has 0 aliphatic heterocycles.